The number of amides is 1. The van der Waals surface area contributed by atoms with Gasteiger partial charge in [-0.15, -0.1) is 0 Å². The highest BCUT2D eigenvalue weighted by Gasteiger charge is 2.30. The van der Waals surface area contributed by atoms with Crippen molar-refractivity contribution in [2.75, 3.05) is 13.1 Å². The van der Waals surface area contributed by atoms with E-state index in [1.807, 2.05) is 27.8 Å². The number of fused-ring (bicyclic) bond motifs is 3. The standard InChI is InChI=1S/C22H19F3N4O/c1-27-13-18-17-12-14(21(30)28-10-2-3-11-28)4-9-19(17)29(20(18)26-27)16-7-5-15(6-8-16)22(23,24)25/h4-9,12-13H,2-3,10-11H2,1H3. The van der Waals surface area contributed by atoms with Crippen LogP contribution in [0.25, 0.3) is 27.6 Å². The molecule has 2 aromatic heterocycles. The normalized spacial score (nSPS) is 14.9. The third-order valence-electron chi connectivity index (χ3n) is 5.64. The van der Waals surface area contributed by atoms with E-state index < -0.39 is 11.7 Å². The van der Waals surface area contributed by atoms with Crippen molar-refractivity contribution in [2.24, 2.45) is 7.05 Å². The molecule has 0 saturated carbocycles. The van der Waals surface area contributed by atoms with Gasteiger partial charge in [0.1, 0.15) is 0 Å². The molecule has 8 heteroatoms. The van der Waals surface area contributed by atoms with Gasteiger partial charge >= 0.3 is 6.18 Å². The van der Waals surface area contributed by atoms with Gasteiger partial charge in [-0.2, -0.15) is 18.3 Å². The molecule has 0 radical (unpaired) electrons. The fourth-order valence-electron chi connectivity index (χ4n) is 4.19. The second-order valence-corrected chi connectivity index (χ2v) is 7.65. The van der Waals surface area contributed by atoms with Gasteiger partial charge in [0.05, 0.1) is 11.1 Å². The van der Waals surface area contributed by atoms with E-state index in [0.717, 1.165) is 54.4 Å². The van der Waals surface area contributed by atoms with Gasteiger partial charge in [0.15, 0.2) is 5.65 Å². The number of benzene rings is 2. The van der Waals surface area contributed by atoms with Crippen LogP contribution in [-0.2, 0) is 13.2 Å². The molecule has 1 aliphatic rings. The maximum Gasteiger partial charge on any atom is 0.416 e. The van der Waals surface area contributed by atoms with E-state index in [1.165, 1.54) is 12.1 Å². The van der Waals surface area contributed by atoms with Crippen LogP contribution in [0, 0.1) is 0 Å². The Balaban J connectivity index is 1.67. The molecule has 5 nitrogen and oxygen atoms in total. The molecule has 1 saturated heterocycles. The Labute approximate surface area is 170 Å². The Morgan fingerprint density at radius 2 is 1.70 bits per heavy atom. The minimum Gasteiger partial charge on any atom is -0.339 e. The first-order valence-corrected chi connectivity index (χ1v) is 9.78. The molecule has 0 spiro atoms. The number of rotatable bonds is 2. The van der Waals surface area contributed by atoms with Crippen molar-refractivity contribution in [3.63, 3.8) is 0 Å². The van der Waals surface area contributed by atoms with Crippen LogP contribution in [0.4, 0.5) is 13.2 Å². The second kappa shape index (κ2) is 6.62. The van der Waals surface area contributed by atoms with Crippen molar-refractivity contribution in [1.82, 2.24) is 19.2 Å². The van der Waals surface area contributed by atoms with Gasteiger partial charge < -0.3 is 4.90 Å². The zero-order valence-corrected chi connectivity index (χ0v) is 16.3. The van der Waals surface area contributed by atoms with Gasteiger partial charge in [-0.3, -0.25) is 14.0 Å². The smallest absolute Gasteiger partial charge is 0.339 e. The Kier molecular flexibility index (Phi) is 4.13. The summed E-state index contributed by atoms with van der Waals surface area (Å²) in [5.74, 6) is 0.00807. The summed E-state index contributed by atoms with van der Waals surface area (Å²) in [6.45, 7) is 1.54. The summed E-state index contributed by atoms with van der Waals surface area (Å²) in [7, 11) is 1.79. The molecule has 0 aliphatic carbocycles. The number of halogens is 3. The van der Waals surface area contributed by atoms with E-state index in [1.54, 1.807) is 17.8 Å². The number of carbonyl (C=O) groups is 1. The molecule has 2 aromatic carbocycles. The maximum absolute atomic E-state index is 13.0. The molecule has 0 N–H and O–H groups in total. The maximum atomic E-state index is 13.0. The van der Waals surface area contributed by atoms with E-state index in [4.69, 9.17) is 0 Å². The molecule has 30 heavy (non-hydrogen) atoms. The van der Waals surface area contributed by atoms with Crippen LogP contribution in [-0.4, -0.2) is 38.2 Å². The third kappa shape index (κ3) is 2.94. The highest BCUT2D eigenvalue weighted by Crippen LogP contribution is 2.34. The quantitative estimate of drug-likeness (QED) is 0.476. The average molecular weight is 412 g/mol. The molecular weight excluding hydrogens is 393 g/mol. The lowest BCUT2D eigenvalue weighted by atomic mass is 10.1. The molecule has 1 amide bonds. The second-order valence-electron chi connectivity index (χ2n) is 7.65. The van der Waals surface area contributed by atoms with Crippen LogP contribution < -0.4 is 0 Å². The van der Waals surface area contributed by atoms with Gasteiger partial charge in [-0.05, 0) is 55.3 Å². The molecular formula is C22H19F3N4O. The Hall–Kier alpha value is -3.29. The lowest BCUT2D eigenvalue weighted by Crippen LogP contribution is -2.27. The molecule has 0 unspecified atom stereocenters. The van der Waals surface area contributed by atoms with Crippen molar-refractivity contribution in [3.05, 3.63) is 59.8 Å². The van der Waals surface area contributed by atoms with E-state index in [9.17, 15) is 18.0 Å². The number of hydrogen-bond acceptors (Lipinski definition) is 2. The number of nitrogens with zero attached hydrogens (tertiary/aromatic N) is 4. The fourth-order valence-corrected chi connectivity index (χ4v) is 4.19. The first-order valence-electron chi connectivity index (χ1n) is 9.78. The summed E-state index contributed by atoms with van der Waals surface area (Å²) < 4.78 is 42.4. The van der Waals surface area contributed by atoms with Crippen molar-refractivity contribution < 1.29 is 18.0 Å². The molecule has 3 heterocycles. The summed E-state index contributed by atoms with van der Waals surface area (Å²) in [6.07, 6.45) is -0.485. The third-order valence-corrected chi connectivity index (χ3v) is 5.64. The molecule has 0 bridgehead atoms. The number of aromatic nitrogens is 3. The van der Waals surface area contributed by atoms with Crippen molar-refractivity contribution in [1.29, 1.82) is 0 Å². The van der Waals surface area contributed by atoms with Crippen molar-refractivity contribution in [2.45, 2.75) is 19.0 Å². The van der Waals surface area contributed by atoms with Crippen LogP contribution in [0.5, 0.6) is 0 Å². The monoisotopic (exact) mass is 412 g/mol. The summed E-state index contributed by atoms with van der Waals surface area (Å²) in [4.78, 5) is 14.7. The van der Waals surface area contributed by atoms with E-state index in [2.05, 4.69) is 5.10 Å². The highest BCUT2D eigenvalue weighted by molar-refractivity contribution is 6.10. The summed E-state index contributed by atoms with van der Waals surface area (Å²) in [5, 5.41) is 6.21. The average Bonchev–Trinajstić information content (AvgIpc) is 3.42. The summed E-state index contributed by atoms with van der Waals surface area (Å²) in [5.41, 5.74) is 1.93. The lowest BCUT2D eigenvalue weighted by Gasteiger charge is -2.15. The SMILES string of the molecule is Cn1cc2c3cc(C(=O)N4CCCC4)ccc3n(-c3ccc(C(F)(F)F)cc3)c2n1. The Morgan fingerprint density at radius 3 is 2.37 bits per heavy atom. The zero-order valence-electron chi connectivity index (χ0n) is 16.3. The number of hydrogen-bond donors (Lipinski definition) is 0. The van der Waals surface area contributed by atoms with Gasteiger partial charge in [0.2, 0.25) is 0 Å². The molecule has 154 valence electrons. The topological polar surface area (TPSA) is 43.1 Å². The minimum atomic E-state index is -4.39. The minimum absolute atomic E-state index is 0.00807. The van der Waals surface area contributed by atoms with E-state index in [0.29, 0.717) is 16.9 Å². The predicted octanol–water partition coefficient (Wildman–Crippen LogP) is 4.77. The van der Waals surface area contributed by atoms with Crippen LogP contribution in [0.3, 0.4) is 0 Å². The Morgan fingerprint density at radius 1 is 1.00 bits per heavy atom. The van der Waals surface area contributed by atoms with Crippen LogP contribution in [0.15, 0.2) is 48.7 Å². The number of carbonyl (C=O) groups excluding carboxylic acids is 1. The van der Waals surface area contributed by atoms with Gasteiger partial charge in [0.25, 0.3) is 5.91 Å². The molecule has 0 atom stereocenters. The number of likely N-dealkylation sites (tertiary alicyclic amines) is 1. The molecule has 1 fully saturated rings. The van der Waals surface area contributed by atoms with E-state index in [-0.39, 0.29) is 5.91 Å². The fraction of sp³-hybridized carbons (Fsp3) is 0.273. The van der Waals surface area contributed by atoms with Crippen molar-refractivity contribution >= 4 is 27.8 Å². The van der Waals surface area contributed by atoms with Gasteiger partial charge in [0, 0.05) is 48.4 Å². The highest BCUT2D eigenvalue weighted by atomic mass is 19.4. The van der Waals surface area contributed by atoms with Crippen molar-refractivity contribution in [3.8, 4) is 5.69 Å². The summed E-state index contributed by atoms with van der Waals surface area (Å²) >= 11 is 0. The first kappa shape index (κ1) is 18.7. The molecule has 4 aromatic rings. The van der Waals surface area contributed by atoms with Crippen LogP contribution in [0.2, 0.25) is 0 Å². The molecule has 5 rings (SSSR count). The first-order chi connectivity index (χ1) is 14.3. The predicted molar refractivity (Wildman–Crippen MR) is 108 cm³/mol. The lowest BCUT2D eigenvalue weighted by molar-refractivity contribution is -0.137. The van der Waals surface area contributed by atoms with E-state index >= 15 is 0 Å². The van der Waals surface area contributed by atoms with Crippen LogP contribution in [0.1, 0.15) is 28.8 Å². The summed E-state index contributed by atoms with van der Waals surface area (Å²) in [6, 6.07) is 10.5. The van der Waals surface area contributed by atoms with Crippen LogP contribution >= 0.6 is 0 Å². The van der Waals surface area contributed by atoms with Gasteiger partial charge in [-0.25, -0.2) is 0 Å². The number of aryl methyl sites for hydroxylation is 1. The number of alkyl halides is 3. The zero-order chi connectivity index (χ0) is 21.0. The van der Waals surface area contributed by atoms with Gasteiger partial charge in [-0.1, -0.05) is 0 Å². The Bertz CT molecular complexity index is 1260. The largest absolute Gasteiger partial charge is 0.416 e. The molecule has 1 aliphatic heterocycles.